The molecule has 0 aliphatic heterocycles. The molecule has 0 fully saturated rings. The fourth-order valence-corrected chi connectivity index (χ4v) is 2.21. The number of nitrogens with one attached hydrogen (secondary N) is 1. The lowest BCUT2D eigenvalue weighted by Gasteiger charge is -2.21. The quantitative estimate of drug-likeness (QED) is 0.687. The van der Waals surface area contributed by atoms with Crippen molar-refractivity contribution in [1.82, 2.24) is 5.32 Å². The van der Waals surface area contributed by atoms with Crippen LogP contribution in [0.25, 0.3) is 0 Å². The van der Waals surface area contributed by atoms with E-state index in [1.54, 1.807) is 0 Å². The van der Waals surface area contributed by atoms with Gasteiger partial charge in [-0.3, -0.25) is 4.79 Å². The minimum Gasteiger partial charge on any atom is -0.480 e. The summed E-state index contributed by atoms with van der Waals surface area (Å²) in [6.07, 6.45) is -2.72. The lowest BCUT2D eigenvalue weighted by atomic mass is 10.3. The Morgan fingerprint density at radius 1 is 1.50 bits per heavy atom. The molecule has 0 aromatic heterocycles. The second kappa shape index (κ2) is 6.75. The van der Waals surface area contributed by atoms with Gasteiger partial charge in [0.05, 0.1) is 0 Å². The zero-order valence-electron chi connectivity index (χ0n) is 8.05. The topological polar surface area (TPSA) is 66.4 Å². The Morgan fingerprint density at radius 3 is 2.31 bits per heavy atom. The minimum absolute atomic E-state index is 0.185. The van der Waals surface area contributed by atoms with E-state index in [1.165, 1.54) is 0 Å². The van der Waals surface area contributed by atoms with Crippen molar-refractivity contribution < 1.29 is 23.5 Å². The van der Waals surface area contributed by atoms with Gasteiger partial charge in [0.1, 0.15) is 6.04 Å². The molecule has 0 unspecified atom stereocenters. The van der Waals surface area contributed by atoms with Gasteiger partial charge in [0, 0.05) is 12.7 Å². The Bertz CT molecular complexity index is 278. The number of hydrogen-bond acceptors (Lipinski definition) is 3. The predicted molar refractivity (Wildman–Crippen MR) is 64.3 cm³/mol. The van der Waals surface area contributed by atoms with Crippen LogP contribution in [0.15, 0.2) is 0 Å². The highest BCUT2D eigenvalue weighted by atomic mass is 79.9. The molecule has 0 saturated carbocycles. The van der Waals surface area contributed by atoms with Gasteiger partial charge < -0.3 is 10.4 Å². The molecule has 0 saturated heterocycles. The van der Waals surface area contributed by atoms with Crippen LogP contribution in [0.2, 0.25) is 0 Å². The fourth-order valence-electron chi connectivity index (χ4n) is 0.677. The Kier molecular flexibility index (Phi) is 6.80. The monoisotopic (exact) mass is 383 g/mol. The molecule has 0 aromatic rings. The van der Waals surface area contributed by atoms with E-state index in [-0.39, 0.29) is 5.75 Å². The molecular formula is C7H9Br2F2NO3S. The summed E-state index contributed by atoms with van der Waals surface area (Å²) < 4.78 is 23.1. The van der Waals surface area contributed by atoms with Crippen molar-refractivity contribution in [3.8, 4) is 0 Å². The largest absolute Gasteiger partial charge is 0.480 e. The van der Waals surface area contributed by atoms with Crippen LogP contribution in [-0.4, -0.2) is 37.8 Å². The number of carbonyl (C=O) groups is 2. The van der Waals surface area contributed by atoms with Crippen molar-refractivity contribution in [3.05, 3.63) is 0 Å². The van der Waals surface area contributed by atoms with Gasteiger partial charge in [0.2, 0.25) is 5.91 Å². The summed E-state index contributed by atoms with van der Waals surface area (Å²) in [4.78, 5) is 21.3. The molecule has 16 heavy (non-hydrogen) atoms. The van der Waals surface area contributed by atoms with Crippen molar-refractivity contribution in [2.24, 2.45) is 0 Å². The zero-order chi connectivity index (χ0) is 12.9. The molecule has 0 radical (unpaired) electrons. The third-order valence-corrected chi connectivity index (χ3v) is 4.50. The lowest BCUT2D eigenvalue weighted by molar-refractivity contribution is -0.140. The van der Waals surface area contributed by atoms with Gasteiger partial charge in [-0.15, -0.1) is 11.8 Å². The third-order valence-electron chi connectivity index (χ3n) is 1.37. The average Bonchev–Trinajstić information content (AvgIpc) is 2.10. The molecule has 1 atom stereocenters. The molecular weight excluding hydrogens is 376 g/mol. The molecule has 1 amide bonds. The summed E-state index contributed by atoms with van der Waals surface area (Å²) in [5, 5.41) is 10.9. The Balaban J connectivity index is 4.33. The number of halogens is 4. The smallest absolute Gasteiger partial charge is 0.327 e. The molecule has 0 aliphatic rings. The van der Waals surface area contributed by atoms with Gasteiger partial charge in [-0.05, 0) is 0 Å². The van der Waals surface area contributed by atoms with E-state index in [0.717, 1.165) is 6.92 Å². The number of carboxylic acid groups (broad SMARTS) is 1. The summed E-state index contributed by atoms with van der Waals surface area (Å²) in [6.45, 7) is 1.16. The van der Waals surface area contributed by atoms with Gasteiger partial charge in [-0.25, -0.2) is 13.6 Å². The first-order chi connectivity index (χ1) is 7.16. The van der Waals surface area contributed by atoms with Crippen LogP contribution < -0.4 is 5.32 Å². The van der Waals surface area contributed by atoms with Crippen LogP contribution in [0.5, 0.6) is 0 Å². The van der Waals surface area contributed by atoms with Gasteiger partial charge in [-0.1, -0.05) is 31.9 Å². The maximum absolute atomic E-state index is 12.4. The Hall–Kier alpha value is 0.110. The fraction of sp³-hybridized carbons (Fsp3) is 0.714. The average molecular weight is 385 g/mol. The molecule has 0 heterocycles. The summed E-state index contributed by atoms with van der Waals surface area (Å²) in [5.41, 5.74) is 0. The summed E-state index contributed by atoms with van der Waals surface area (Å²) in [7, 11) is 0. The second-order valence-corrected chi connectivity index (χ2v) is 8.65. The molecule has 0 aliphatic carbocycles. The first-order valence-corrected chi connectivity index (χ1v) is 6.53. The molecule has 4 nitrogen and oxygen atoms in total. The summed E-state index contributed by atoms with van der Waals surface area (Å²) >= 11 is 6.08. The number of hydrogen-bond donors (Lipinski definition) is 2. The summed E-state index contributed by atoms with van der Waals surface area (Å²) in [6, 6.07) is -1.20. The molecule has 0 rings (SSSR count). The first kappa shape index (κ1) is 16.1. The highest BCUT2D eigenvalue weighted by molar-refractivity contribution is 9.28. The molecule has 0 spiro atoms. The van der Waals surface area contributed by atoms with E-state index in [2.05, 4.69) is 37.2 Å². The predicted octanol–water partition coefficient (Wildman–Crippen LogP) is 2.02. The van der Waals surface area contributed by atoms with E-state index in [1.807, 2.05) is 0 Å². The van der Waals surface area contributed by atoms with E-state index in [9.17, 15) is 18.4 Å². The van der Waals surface area contributed by atoms with Crippen LogP contribution in [0, 0.1) is 0 Å². The molecule has 9 heteroatoms. The number of carbonyl (C=O) groups excluding carboxylic acids is 1. The van der Waals surface area contributed by atoms with Crippen molar-refractivity contribution in [2.75, 3.05) is 5.75 Å². The number of carboxylic acids is 1. The van der Waals surface area contributed by atoms with Gasteiger partial charge >= 0.3 is 5.97 Å². The van der Waals surface area contributed by atoms with Gasteiger partial charge in [-0.2, -0.15) is 0 Å². The van der Waals surface area contributed by atoms with Gasteiger partial charge in [0.25, 0.3) is 6.43 Å². The number of alkyl halides is 4. The van der Waals surface area contributed by atoms with Crippen molar-refractivity contribution >= 4 is 55.5 Å². The molecule has 0 aromatic carbocycles. The normalized spacial score (nSPS) is 13.6. The highest BCUT2D eigenvalue weighted by Crippen LogP contribution is 2.44. The lowest BCUT2D eigenvalue weighted by Crippen LogP contribution is -2.42. The van der Waals surface area contributed by atoms with Crippen LogP contribution in [0.4, 0.5) is 8.78 Å². The maximum atomic E-state index is 12.4. The summed E-state index contributed by atoms with van der Waals surface area (Å²) in [5.74, 6) is -1.98. The van der Waals surface area contributed by atoms with Gasteiger partial charge in [0.15, 0.2) is 2.57 Å². The number of amides is 1. The van der Waals surface area contributed by atoms with Crippen LogP contribution in [-0.2, 0) is 9.59 Å². The maximum Gasteiger partial charge on any atom is 0.327 e. The standard InChI is InChI=1S/C7H9Br2F2NO3S/c1-3(13)12-4(5(14)15)2-16-7(8,9)6(10)11/h4,6H,2H2,1H3,(H,12,13)(H,14,15)/t4-/m0/s1. The van der Waals surface area contributed by atoms with Crippen LogP contribution in [0.3, 0.4) is 0 Å². The molecule has 0 bridgehead atoms. The van der Waals surface area contributed by atoms with E-state index in [4.69, 9.17) is 5.11 Å². The van der Waals surface area contributed by atoms with Crippen LogP contribution >= 0.6 is 43.6 Å². The van der Waals surface area contributed by atoms with Crippen molar-refractivity contribution in [1.29, 1.82) is 0 Å². The first-order valence-electron chi connectivity index (χ1n) is 3.96. The van der Waals surface area contributed by atoms with E-state index in [0.29, 0.717) is 11.8 Å². The van der Waals surface area contributed by atoms with Crippen molar-refractivity contribution in [3.63, 3.8) is 0 Å². The Morgan fingerprint density at radius 2 is 2.00 bits per heavy atom. The third kappa shape index (κ3) is 6.00. The van der Waals surface area contributed by atoms with Crippen LogP contribution in [0.1, 0.15) is 6.92 Å². The molecule has 2 N–H and O–H groups in total. The molecule has 94 valence electrons. The highest BCUT2D eigenvalue weighted by Gasteiger charge is 2.36. The SMILES string of the molecule is CC(=O)N[C@@H](CSC(Br)(Br)C(F)F)C(=O)O. The van der Waals surface area contributed by atoms with Crippen molar-refractivity contribution in [2.45, 2.75) is 22.0 Å². The number of aliphatic carboxylic acids is 1. The zero-order valence-corrected chi connectivity index (χ0v) is 12.0. The number of rotatable bonds is 6. The van der Waals surface area contributed by atoms with E-state index >= 15 is 0 Å². The van der Waals surface area contributed by atoms with E-state index < -0.39 is 26.9 Å². The minimum atomic E-state index is -2.72. The Labute approximate surface area is 112 Å². The second-order valence-electron chi connectivity index (χ2n) is 2.76. The number of thioether (sulfide) groups is 1.